The Morgan fingerprint density at radius 2 is 1.30 bits per heavy atom. The standard InChI is InChI=1S/C9H19NOS.C3H8.CH3NOS.Zn/c1-2-3-4-5-6-7-8-10-9(11)12;1-3-2;2-1(3)4;/h2-8H2,1H3,(H2,10,11,12);3H2,1-2H3;(H3,2,3,4);/q;;;+2/p-2. The SMILES string of the molecule is CCC.CCCCCCCCNC(=O)[S-].NC(=O)[S-].[Zn+2]. The van der Waals surface area contributed by atoms with Crippen LogP contribution in [-0.4, -0.2) is 17.0 Å². The molecule has 0 aromatic heterocycles. The van der Waals surface area contributed by atoms with E-state index in [2.05, 4.69) is 57.1 Å². The van der Waals surface area contributed by atoms with Crippen molar-refractivity contribution in [1.82, 2.24) is 5.32 Å². The number of hydrogen-bond acceptors (Lipinski definition) is 4. The van der Waals surface area contributed by atoms with Crippen LogP contribution in [-0.2, 0) is 44.7 Å². The summed E-state index contributed by atoms with van der Waals surface area (Å²) >= 11 is 8.11. The van der Waals surface area contributed by atoms with Gasteiger partial charge >= 0.3 is 19.5 Å². The summed E-state index contributed by atoms with van der Waals surface area (Å²) in [5, 5.41) is 1.53. The predicted molar refractivity (Wildman–Crippen MR) is 87.1 cm³/mol. The van der Waals surface area contributed by atoms with Gasteiger partial charge in [-0.15, -0.1) is 0 Å². The van der Waals surface area contributed by atoms with Crippen molar-refractivity contribution in [3.8, 4) is 0 Å². The Labute approximate surface area is 148 Å². The fraction of sp³-hybridized carbons (Fsp3) is 0.846. The van der Waals surface area contributed by atoms with Gasteiger partial charge in [-0.3, -0.25) is 0 Å². The summed E-state index contributed by atoms with van der Waals surface area (Å²) in [6, 6.07) is 0. The Hall–Kier alpha value is 0.00338. The zero-order valence-electron chi connectivity index (χ0n) is 13.1. The van der Waals surface area contributed by atoms with Gasteiger partial charge in [0, 0.05) is 6.54 Å². The first kappa shape index (κ1) is 28.2. The summed E-state index contributed by atoms with van der Waals surface area (Å²) in [5.74, 6) is 0. The van der Waals surface area contributed by atoms with Gasteiger partial charge in [-0.25, -0.2) is 0 Å². The summed E-state index contributed by atoms with van der Waals surface area (Å²) in [4.78, 5) is 19.3. The molecular formula is C13H28N2O2S2Zn. The smallest absolute Gasteiger partial charge is 0.719 e. The predicted octanol–water partition coefficient (Wildman–Crippen LogP) is 3.63. The maximum atomic E-state index is 10.3. The monoisotopic (exact) mass is 372 g/mol. The Kier molecular flexibility index (Phi) is 38.6. The first-order valence-electron chi connectivity index (χ1n) is 6.83. The van der Waals surface area contributed by atoms with E-state index in [1.54, 1.807) is 0 Å². The second-order valence-corrected chi connectivity index (χ2v) is 4.78. The van der Waals surface area contributed by atoms with Crippen molar-refractivity contribution < 1.29 is 29.1 Å². The van der Waals surface area contributed by atoms with E-state index < -0.39 is 5.24 Å². The summed E-state index contributed by atoms with van der Waals surface area (Å²) in [7, 11) is 0. The number of hydrogen-bond donors (Lipinski definition) is 2. The van der Waals surface area contributed by atoms with E-state index in [9.17, 15) is 4.79 Å². The third-order valence-corrected chi connectivity index (χ3v) is 1.94. The number of carbonyl (C=O) groups is 2. The van der Waals surface area contributed by atoms with Crippen molar-refractivity contribution in [3.05, 3.63) is 0 Å². The van der Waals surface area contributed by atoms with E-state index in [0.29, 0.717) is 0 Å². The third-order valence-electron chi connectivity index (χ3n) is 1.80. The topological polar surface area (TPSA) is 72.2 Å². The molecule has 0 aromatic rings. The average molecular weight is 374 g/mol. The number of carbonyl (C=O) groups excluding carboxylic acids is 2. The van der Waals surface area contributed by atoms with Crippen molar-refractivity contribution in [2.45, 2.75) is 65.7 Å². The van der Waals surface area contributed by atoms with Crippen molar-refractivity contribution >= 4 is 35.7 Å². The van der Waals surface area contributed by atoms with E-state index in [-0.39, 0.29) is 24.7 Å². The van der Waals surface area contributed by atoms with Crippen LogP contribution in [0.1, 0.15) is 65.7 Å². The molecule has 116 valence electrons. The Morgan fingerprint density at radius 3 is 1.65 bits per heavy atom. The van der Waals surface area contributed by atoms with E-state index in [1.807, 2.05) is 0 Å². The number of primary amides is 1. The molecule has 0 saturated heterocycles. The molecule has 0 rings (SSSR count). The molecule has 0 aliphatic carbocycles. The van der Waals surface area contributed by atoms with Gasteiger partial charge in [0.25, 0.3) is 0 Å². The molecule has 0 atom stereocenters. The zero-order chi connectivity index (χ0) is 15.5. The molecule has 0 spiro atoms. The largest absolute Gasteiger partial charge is 2.00 e. The molecule has 3 N–H and O–H groups in total. The van der Waals surface area contributed by atoms with Crippen molar-refractivity contribution in [2.75, 3.05) is 6.54 Å². The van der Waals surface area contributed by atoms with Gasteiger partial charge in [0.2, 0.25) is 0 Å². The minimum absolute atomic E-state index is 0. The van der Waals surface area contributed by atoms with E-state index >= 15 is 0 Å². The molecule has 0 aromatic carbocycles. The summed E-state index contributed by atoms with van der Waals surface area (Å²) in [6.07, 6.45) is 8.72. The van der Waals surface area contributed by atoms with Crippen LogP contribution in [0.2, 0.25) is 0 Å². The molecule has 0 unspecified atom stereocenters. The molecular weight excluding hydrogens is 346 g/mol. The second-order valence-electron chi connectivity index (χ2n) is 4.01. The van der Waals surface area contributed by atoms with Gasteiger partial charge < -0.3 is 45.9 Å². The van der Waals surface area contributed by atoms with E-state index in [4.69, 9.17) is 4.79 Å². The van der Waals surface area contributed by atoms with Crippen LogP contribution in [0.15, 0.2) is 0 Å². The number of nitrogens with one attached hydrogen (secondary N) is 1. The van der Waals surface area contributed by atoms with Crippen molar-refractivity contribution in [2.24, 2.45) is 5.73 Å². The quantitative estimate of drug-likeness (QED) is 0.406. The first-order chi connectivity index (χ1) is 8.92. The second kappa shape index (κ2) is 27.4. The molecule has 0 heterocycles. The maximum Gasteiger partial charge on any atom is 2.00 e. The molecule has 0 fully saturated rings. The fourth-order valence-electron chi connectivity index (χ4n) is 1.10. The Morgan fingerprint density at radius 1 is 0.950 bits per heavy atom. The number of unbranched alkanes of at least 4 members (excludes halogenated alkanes) is 5. The zero-order valence-corrected chi connectivity index (χ0v) is 17.7. The van der Waals surface area contributed by atoms with Crippen LogP contribution in [0.4, 0.5) is 9.59 Å². The third kappa shape index (κ3) is 64.2. The van der Waals surface area contributed by atoms with Crippen molar-refractivity contribution in [1.29, 1.82) is 0 Å². The first-order valence-corrected chi connectivity index (χ1v) is 7.65. The van der Waals surface area contributed by atoms with Crippen LogP contribution in [0.25, 0.3) is 0 Å². The normalized spacial score (nSPS) is 7.95. The van der Waals surface area contributed by atoms with Crippen LogP contribution < -0.4 is 11.1 Å². The van der Waals surface area contributed by atoms with Crippen LogP contribution in [0, 0.1) is 0 Å². The van der Waals surface area contributed by atoms with Gasteiger partial charge in [-0.2, -0.15) is 0 Å². The van der Waals surface area contributed by atoms with Gasteiger partial charge in [-0.1, -0.05) is 59.3 Å². The summed E-state index contributed by atoms with van der Waals surface area (Å²) in [6.45, 7) is 7.20. The molecule has 7 heteroatoms. The molecule has 0 radical (unpaired) electrons. The molecule has 20 heavy (non-hydrogen) atoms. The van der Waals surface area contributed by atoms with Crippen molar-refractivity contribution in [3.63, 3.8) is 0 Å². The van der Waals surface area contributed by atoms with E-state index in [0.717, 1.165) is 13.0 Å². The minimum Gasteiger partial charge on any atom is -0.719 e. The summed E-state index contributed by atoms with van der Waals surface area (Å²) < 4.78 is 0. The molecule has 4 nitrogen and oxygen atoms in total. The molecule has 0 aliphatic rings. The fourth-order valence-corrected chi connectivity index (χ4v) is 1.20. The van der Waals surface area contributed by atoms with Crippen LogP contribution in [0.5, 0.6) is 0 Å². The number of rotatable bonds is 7. The number of nitrogens with two attached hydrogens (primary N) is 1. The van der Waals surface area contributed by atoms with Crippen LogP contribution >= 0.6 is 0 Å². The Balaban J connectivity index is -0.000000134. The van der Waals surface area contributed by atoms with Gasteiger partial charge in [-0.05, 0) is 6.42 Å². The Bertz CT molecular complexity index is 205. The molecule has 2 amide bonds. The molecule has 0 bridgehead atoms. The molecule has 0 aliphatic heterocycles. The summed E-state index contributed by atoms with van der Waals surface area (Å²) in [5.41, 5.74) is 4.29. The number of amides is 2. The van der Waals surface area contributed by atoms with E-state index in [1.165, 1.54) is 38.5 Å². The maximum absolute atomic E-state index is 10.3. The molecule has 0 saturated carbocycles. The van der Waals surface area contributed by atoms with Gasteiger partial charge in [0.1, 0.15) is 0 Å². The van der Waals surface area contributed by atoms with Crippen LogP contribution in [0.3, 0.4) is 0 Å². The average Bonchev–Trinajstić information content (AvgIpc) is 2.28. The van der Waals surface area contributed by atoms with Gasteiger partial charge in [0.05, 0.1) is 10.5 Å². The van der Waals surface area contributed by atoms with Gasteiger partial charge in [0.15, 0.2) is 0 Å². The minimum atomic E-state index is -0.750.